The average molecular weight is 223 g/mol. The summed E-state index contributed by atoms with van der Waals surface area (Å²) >= 11 is 0. The number of phenolic OH excluding ortho intramolecular Hbond substituents is 1. The van der Waals surface area contributed by atoms with Crippen molar-refractivity contribution in [3.05, 3.63) is 29.3 Å². The van der Waals surface area contributed by atoms with Gasteiger partial charge >= 0.3 is 0 Å². The number of hydrogen-bond acceptors (Lipinski definition) is 3. The number of aromatic hydroxyl groups is 1. The van der Waals surface area contributed by atoms with Crippen molar-refractivity contribution in [2.45, 2.75) is 32.9 Å². The van der Waals surface area contributed by atoms with Gasteiger partial charge in [-0.25, -0.2) is 0 Å². The minimum absolute atomic E-state index is 0.270. The summed E-state index contributed by atoms with van der Waals surface area (Å²) in [5.41, 5.74) is 2.09. The van der Waals surface area contributed by atoms with Gasteiger partial charge in [-0.1, -0.05) is 17.7 Å². The molecule has 0 aliphatic heterocycles. The predicted octanol–water partition coefficient (Wildman–Crippen LogP) is 1.90. The van der Waals surface area contributed by atoms with Crippen molar-refractivity contribution in [2.75, 3.05) is 13.6 Å². The van der Waals surface area contributed by atoms with Gasteiger partial charge in [0.25, 0.3) is 0 Å². The molecule has 0 spiro atoms. The third-order valence-electron chi connectivity index (χ3n) is 2.60. The minimum Gasteiger partial charge on any atom is -0.508 e. The molecule has 0 radical (unpaired) electrons. The maximum atomic E-state index is 9.69. The zero-order valence-electron chi connectivity index (χ0n) is 10.3. The third kappa shape index (κ3) is 4.21. The summed E-state index contributed by atoms with van der Waals surface area (Å²) in [5, 5.41) is 18.9. The van der Waals surface area contributed by atoms with E-state index in [9.17, 15) is 10.2 Å². The second-order valence-corrected chi connectivity index (χ2v) is 4.51. The number of nitrogens with zero attached hydrogens (tertiary/aromatic N) is 1. The Bertz CT molecular complexity index is 337. The summed E-state index contributed by atoms with van der Waals surface area (Å²) in [7, 11) is 1.99. The van der Waals surface area contributed by atoms with Gasteiger partial charge in [-0.15, -0.1) is 0 Å². The van der Waals surface area contributed by atoms with Gasteiger partial charge in [0.1, 0.15) is 5.75 Å². The number of benzene rings is 1. The lowest BCUT2D eigenvalue weighted by Gasteiger charge is -2.18. The Balaban J connectivity index is 2.55. The maximum Gasteiger partial charge on any atom is 0.120 e. The van der Waals surface area contributed by atoms with Crippen molar-refractivity contribution >= 4 is 0 Å². The molecule has 90 valence electrons. The second-order valence-electron chi connectivity index (χ2n) is 4.51. The Labute approximate surface area is 97.3 Å². The zero-order valence-corrected chi connectivity index (χ0v) is 10.3. The Hall–Kier alpha value is -1.06. The van der Waals surface area contributed by atoms with E-state index in [1.54, 1.807) is 13.0 Å². The first kappa shape index (κ1) is 13.0. The lowest BCUT2D eigenvalue weighted by molar-refractivity contribution is 0.162. The third-order valence-corrected chi connectivity index (χ3v) is 2.60. The van der Waals surface area contributed by atoms with Crippen molar-refractivity contribution < 1.29 is 10.2 Å². The van der Waals surface area contributed by atoms with Gasteiger partial charge in [-0.3, -0.25) is 0 Å². The van der Waals surface area contributed by atoms with Crippen molar-refractivity contribution in [1.82, 2.24) is 4.90 Å². The zero-order chi connectivity index (χ0) is 12.1. The smallest absolute Gasteiger partial charge is 0.120 e. The van der Waals surface area contributed by atoms with Gasteiger partial charge in [0.15, 0.2) is 0 Å². The first-order chi connectivity index (χ1) is 7.49. The first-order valence-corrected chi connectivity index (χ1v) is 5.64. The molecule has 0 aliphatic carbocycles. The predicted molar refractivity (Wildman–Crippen MR) is 65.5 cm³/mol. The average Bonchev–Trinajstić information content (AvgIpc) is 2.20. The summed E-state index contributed by atoms with van der Waals surface area (Å²) in [5.74, 6) is 0.342. The molecule has 0 heterocycles. The van der Waals surface area contributed by atoms with Gasteiger partial charge in [0.05, 0.1) is 6.10 Å². The van der Waals surface area contributed by atoms with Crippen molar-refractivity contribution in [3.8, 4) is 5.75 Å². The monoisotopic (exact) mass is 223 g/mol. The molecule has 1 unspecified atom stereocenters. The fourth-order valence-electron chi connectivity index (χ4n) is 1.62. The van der Waals surface area contributed by atoms with Crippen LogP contribution in [0.1, 0.15) is 24.5 Å². The molecule has 0 saturated heterocycles. The molecule has 1 aromatic carbocycles. The maximum absolute atomic E-state index is 9.69. The Morgan fingerprint density at radius 3 is 2.69 bits per heavy atom. The van der Waals surface area contributed by atoms with E-state index in [0.717, 1.165) is 24.1 Å². The van der Waals surface area contributed by atoms with Crippen molar-refractivity contribution in [1.29, 1.82) is 0 Å². The highest BCUT2D eigenvalue weighted by Gasteiger charge is 2.06. The lowest BCUT2D eigenvalue weighted by Crippen LogP contribution is -2.22. The SMILES string of the molecule is Cc1ccc(O)c(CN(C)CCC(C)O)c1. The molecule has 1 atom stereocenters. The normalized spacial score (nSPS) is 13.1. The van der Waals surface area contributed by atoms with E-state index in [0.29, 0.717) is 12.3 Å². The summed E-state index contributed by atoms with van der Waals surface area (Å²) < 4.78 is 0. The van der Waals surface area contributed by atoms with E-state index >= 15 is 0 Å². The Morgan fingerprint density at radius 2 is 2.06 bits per heavy atom. The largest absolute Gasteiger partial charge is 0.508 e. The molecular weight excluding hydrogens is 202 g/mol. The highest BCUT2D eigenvalue weighted by molar-refractivity contribution is 5.35. The molecule has 16 heavy (non-hydrogen) atoms. The molecule has 3 nitrogen and oxygen atoms in total. The van der Waals surface area contributed by atoms with Crippen LogP contribution in [0.2, 0.25) is 0 Å². The lowest BCUT2D eigenvalue weighted by atomic mass is 10.1. The highest BCUT2D eigenvalue weighted by Crippen LogP contribution is 2.19. The van der Waals surface area contributed by atoms with Crippen LogP contribution in [0.25, 0.3) is 0 Å². The molecule has 0 aliphatic rings. The van der Waals surface area contributed by atoms with E-state index in [1.165, 1.54) is 0 Å². The van der Waals surface area contributed by atoms with E-state index < -0.39 is 0 Å². The van der Waals surface area contributed by atoms with E-state index in [4.69, 9.17) is 0 Å². The van der Waals surface area contributed by atoms with Crippen LogP contribution in [0.3, 0.4) is 0 Å². The molecule has 0 fully saturated rings. The second kappa shape index (κ2) is 5.87. The van der Waals surface area contributed by atoms with Crippen LogP contribution in [-0.4, -0.2) is 34.8 Å². The standard InChI is InChI=1S/C13H21NO2/c1-10-4-5-13(16)12(8-10)9-14(3)7-6-11(2)15/h4-5,8,11,15-16H,6-7,9H2,1-3H3. The number of phenols is 1. The highest BCUT2D eigenvalue weighted by atomic mass is 16.3. The Kier molecular flexibility index (Phi) is 4.77. The molecular formula is C13H21NO2. The number of rotatable bonds is 5. The van der Waals surface area contributed by atoms with E-state index in [-0.39, 0.29) is 6.10 Å². The number of hydrogen-bond donors (Lipinski definition) is 2. The van der Waals surface area contributed by atoms with Crippen LogP contribution in [-0.2, 0) is 6.54 Å². The number of aliphatic hydroxyl groups excluding tert-OH is 1. The Morgan fingerprint density at radius 1 is 1.38 bits per heavy atom. The van der Waals surface area contributed by atoms with Crippen molar-refractivity contribution in [3.63, 3.8) is 0 Å². The molecule has 0 amide bonds. The summed E-state index contributed by atoms with van der Waals surface area (Å²) in [6, 6.07) is 5.62. The van der Waals surface area contributed by atoms with Crippen LogP contribution in [0.4, 0.5) is 0 Å². The topological polar surface area (TPSA) is 43.7 Å². The van der Waals surface area contributed by atoms with E-state index in [1.807, 2.05) is 26.1 Å². The van der Waals surface area contributed by atoms with Crippen LogP contribution < -0.4 is 0 Å². The molecule has 0 bridgehead atoms. The molecule has 2 N–H and O–H groups in total. The van der Waals surface area contributed by atoms with Gasteiger partial charge in [-0.2, -0.15) is 0 Å². The quantitative estimate of drug-likeness (QED) is 0.801. The molecule has 1 rings (SSSR count). The number of aryl methyl sites for hydroxylation is 1. The van der Waals surface area contributed by atoms with Crippen molar-refractivity contribution in [2.24, 2.45) is 0 Å². The fourth-order valence-corrected chi connectivity index (χ4v) is 1.62. The first-order valence-electron chi connectivity index (χ1n) is 5.64. The van der Waals surface area contributed by atoms with Gasteiger partial charge in [0, 0.05) is 18.7 Å². The fraction of sp³-hybridized carbons (Fsp3) is 0.538. The molecule has 0 saturated carbocycles. The number of aliphatic hydroxyl groups is 1. The summed E-state index contributed by atoms with van der Waals surface area (Å²) in [6.07, 6.45) is 0.483. The van der Waals surface area contributed by atoms with Gasteiger partial charge < -0.3 is 15.1 Å². The summed E-state index contributed by atoms with van der Waals surface area (Å²) in [4.78, 5) is 2.10. The van der Waals surface area contributed by atoms with Crippen LogP contribution >= 0.6 is 0 Å². The van der Waals surface area contributed by atoms with Crippen LogP contribution in [0.5, 0.6) is 5.75 Å². The summed E-state index contributed by atoms with van der Waals surface area (Å²) in [6.45, 7) is 5.34. The molecule has 3 heteroatoms. The van der Waals surface area contributed by atoms with Gasteiger partial charge in [-0.05, 0) is 33.4 Å². The van der Waals surface area contributed by atoms with Crippen LogP contribution in [0, 0.1) is 6.92 Å². The molecule has 0 aromatic heterocycles. The van der Waals surface area contributed by atoms with Gasteiger partial charge in [0.2, 0.25) is 0 Å². The van der Waals surface area contributed by atoms with E-state index in [2.05, 4.69) is 4.90 Å². The minimum atomic E-state index is -0.270. The van der Waals surface area contributed by atoms with Crippen LogP contribution in [0.15, 0.2) is 18.2 Å². The molecule has 1 aromatic rings.